The lowest BCUT2D eigenvalue weighted by Crippen LogP contribution is -2.52. The normalized spacial score (nSPS) is 22.1. The van der Waals surface area contributed by atoms with Crippen LogP contribution < -0.4 is 5.32 Å². The fourth-order valence-electron chi connectivity index (χ4n) is 4.35. The Kier molecular flexibility index (Phi) is 4.45. The number of hydrogen-bond donors (Lipinski definition) is 2. The fraction of sp³-hybridized carbons (Fsp3) is 0.450. The van der Waals surface area contributed by atoms with Gasteiger partial charge in [-0.1, -0.05) is 29.8 Å². The number of nitrogens with zero attached hydrogens (tertiary/aromatic N) is 2. The summed E-state index contributed by atoms with van der Waals surface area (Å²) in [6.07, 6.45) is 3.14. The summed E-state index contributed by atoms with van der Waals surface area (Å²) < 4.78 is 0. The Morgan fingerprint density at radius 2 is 2.15 bits per heavy atom. The number of hydrogen-bond acceptors (Lipinski definition) is 2. The van der Waals surface area contributed by atoms with E-state index < -0.39 is 0 Å². The van der Waals surface area contributed by atoms with Crippen LogP contribution in [0.15, 0.2) is 24.3 Å². The molecule has 0 radical (unpaired) electrons. The Hall–Kier alpha value is -1.98. The van der Waals surface area contributed by atoms with Crippen molar-refractivity contribution in [2.24, 2.45) is 0 Å². The van der Waals surface area contributed by atoms with E-state index in [-0.39, 0.29) is 12.1 Å². The molecule has 6 heteroatoms. The van der Waals surface area contributed by atoms with Crippen molar-refractivity contribution in [3.63, 3.8) is 0 Å². The SMILES string of the molecule is CCN(CC)C(=O)N[C@H]1C=C2c3cccc4[nH]c(Cl)c(c34)CC2N(C)C1. The number of fused-ring (bicyclic) bond motifs is 2. The van der Waals surface area contributed by atoms with E-state index in [0.29, 0.717) is 19.1 Å². The molecule has 1 aromatic heterocycles. The minimum absolute atomic E-state index is 0.00287. The van der Waals surface area contributed by atoms with Gasteiger partial charge in [-0.15, -0.1) is 0 Å². The molecule has 2 N–H and O–H groups in total. The molecule has 1 unspecified atom stereocenters. The first-order valence-electron chi connectivity index (χ1n) is 9.30. The van der Waals surface area contributed by atoms with Crippen LogP contribution >= 0.6 is 11.6 Å². The molecule has 138 valence electrons. The third-order valence-electron chi connectivity index (χ3n) is 5.70. The number of carbonyl (C=O) groups excluding carboxylic acids is 1. The van der Waals surface area contributed by atoms with Crippen molar-refractivity contribution in [3.8, 4) is 0 Å². The van der Waals surface area contributed by atoms with Gasteiger partial charge in [0, 0.05) is 36.6 Å². The monoisotopic (exact) mass is 372 g/mol. The number of H-pyrrole nitrogens is 1. The number of aromatic nitrogens is 1. The molecule has 1 aliphatic heterocycles. The number of rotatable bonds is 3. The van der Waals surface area contributed by atoms with E-state index >= 15 is 0 Å². The van der Waals surface area contributed by atoms with E-state index in [1.807, 2.05) is 18.7 Å². The first kappa shape index (κ1) is 17.4. The summed E-state index contributed by atoms with van der Waals surface area (Å²) in [6, 6.07) is 6.60. The lowest BCUT2D eigenvalue weighted by molar-refractivity contribution is 0.193. The molecule has 0 fully saturated rings. The maximum Gasteiger partial charge on any atom is 0.317 e. The first-order valence-corrected chi connectivity index (χ1v) is 9.68. The highest BCUT2D eigenvalue weighted by atomic mass is 35.5. The van der Waals surface area contributed by atoms with Gasteiger partial charge in [0.2, 0.25) is 0 Å². The molecule has 0 saturated carbocycles. The zero-order chi connectivity index (χ0) is 18.4. The fourth-order valence-corrected chi connectivity index (χ4v) is 4.62. The van der Waals surface area contributed by atoms with Gasteiger partial charge in [0.1, 0.15) is 5.15 Å². The van der Waals surface area contributed by atoms with Crippen LogP contribution in [-0.2, 0) is 6.42 Å². The molecule has 2 amide bonds. The quantitative estimate of drug-likeness (QED) is 0.866. The van der Waals surface area contributed by atoms with Gasteiger partial charge in [-0.05, 0) is 50.1 Å². The second-order valence-electron chi connectivity index (χ2n) is 7.16. The van der Waals surface area contributed by atoms with Crippen molar-refractivity contribution < 1.29 is 4.79 Å². The van der Waals surface area contributed by atoms with E-state index in [2.05, 4.69) is 46.5 Å². The molecule has 2 atom stereocenters. The van der Waals surface area contributed by atoms with Gasteiger partial charge in [-0.25, -0.2) is 4.79 Å². The third-order valence-corrected chi connectivity index (χ3v) is 6.02. The summed E-state index contributed by atoms with van der Waals surface area (Å²) >= 11 is 6.46. The Balaban J connectivity index is 1.72. The summed E-state index contributed by atoms with van der Waals surface area (Å²) in [5, 5.41) is 5.15. The number of amides is 2. The Morgan fingerprint density at radius 1 is 1.38 bits per heavy atom. The Bertz CT molecular complexity index is 883. The molecule has 0 bridgehead atoms. The number of halogens is 1. The van der Waals surface area contributed by atoms with E-state index in [1.165, 1.54) is 22.1 Å². The molecule has 4 rings (SSSR count). The van der Waals surface area contributed by atoms with Gasteiger partial charge in [-0.3, -0.25) is 4.90 Å². The van der Waals surface area contributed by atoms with Gasteiger partial charge in [0.25, 0.3) is 0 Å². The smallest absolute Gasteiger partial charge is 0.317 e. The number of likely N-dealkylation sites (N-methyl/N-ethyl adjacent to an activating group) is 1. The Morgan fingerprint density at radius 3 is 2.88 bits per heavy atom. The molecule has 26 heavy (non-hydrogen) atoms. The summed E-state index contributed by atoms with van der Waals surface area (Å²) in [7, 11) is 2.12. The minimum atomic E-state index is 0.00287. The van der Waals surface area contributed by atoms with Crippen LogP contribution in [0.25, 0.3) is 16.5 Å². The zero-order valence-corrected chi connectivity index (χ0v) is 16.2. The molecular formula is C20H25ClN4O. The van der Waals surface area contributed by atoms with E-state index in [4.69, 9.17) is 11.6 Å². The third kappa shape index (κ3) is 2.70. The molecule has 2 aromatic rings. The highest BCUT2D eigenvalue weighted by Gasteiger charge is 2.35. The predicted octanol–water partition coefficient (Wildman–Crippen LogP) is 3.49. The first-order chi connectivity index (χ1) is 12.5. The highest BCUT2D eigenvalue weighted by molar-refractivity contribution is 6.32. The van der Waals surface area contributed by atoms with Crippen molar-refractivity contribution in [2.45, 2.75) is 32.4 Å². The molecule has 0 saturated heterocycles. The average Bonchev–Trinajstić information content (AvgIpc) is 2.94. The highest BCUT2D eigenvalue weighted by Crippen LogP contribution is 2.42. The van der Waals surface area contributed by atoms with Gasteiger partial charge >= 0.3 is 6.03 Å². The topological polar surface area (TPSA) is 51.4 Å². The molecular weight excluding hydrogens is 348 g/mol. The summed E-state index contributed by atoms with van der Waals surface area (Å²) in [6.45, 7) is 6.24. The molecule has 1 aliphatic carbocycles. The standard InChI is InChI=1S/C20H25ClN4O/c1-4-25(5-2)20(26)22-12-9-14-13-7-6-8-16-18(13)15(19(21)23-16)10-17(14)24(3)11-12/h6-9,12,17,23H,4-5,10-11H2,1-3H3,(H,22,26)/t12-,17?/m0/s1. The van der Waals surface area contributed by atoms with Crippen LogP contribution in [0.1, 0.15) is 25.0 Å². The van der Waals surface area contributed by atoms with E-state index in [0.717, 1.165) is 23.6 Å². The second-order valence-corrected chi connectivity index (χ2v) is 7.53. The van der Waals surface area contributed by atoms with Crippen LogP contribution in [0.2, 0.25) is 5.15 Å². The lowest BCUT2D eigenvalue weighted by Gasteiger charge is -2.40. The lowest BCUT2D eigenvalue weighted by atomic mass is 9.81. The molecule has 2 aliphatic rings. The number of benzene rings is 1. The Labute approximate surface area is 159 Å². The van der Waals surface area contributed by atoms with E-state index in [1.54, 1.807) is 0 Å². The maximum absolute atomic E-state index is 12.5. The molecule has 5 nitrogen and oxygen atoms in total. The molecule has 2 heterocycles. The second kappa shape index (κ2) is 6.63. The van der Waals surface area contributed by atoms with Crippen LogP contribution in [0.3, 0.4) is 0 Å². The molecule has 1 aromatic carbocycles. The van der Waals surface area contributed by atoms with Crippen molar-refractivity contribution in [1.29, 1.82) is 0 Å². The minimum Gasteiger partial charge on any atom is -0.345 e. The number of nitrogens with one attached hydrogen (secondary N) is 2. The van der Waals surface area contributed by atoms with Gasteiger partial charge in [0.15, 0.2) is 0 Å². The van der Waals surface area contributed by atoms with Crippen LogP contribution in [-0.4, -0.2) is 59.6 Å². The zero-order valence-electron chi connectivity index (χ0n) is 15.5. The van der Waals surface area contributed by atoms with Crippen molar-refractivity contribution >= 4 is 34.1 Å². The van der Waals surface area contributed by atoms with Gasteiger partial charge < -0.3 is 15.2 Å². The summed E-state index contributed by atoms with van der Waals surface area (Å²) in [5.41, 5.74) is 4.80. The average molecular weight is 373 g/mol. The maximum atomic E-state index is 12.5. The summed E-state index contributed by atoms with van der Waals surface area (Å²) in [4.78, 5) is 19.9. The largest absolute Gasteiger partial charge is 0.345 e. The summed E-state index contributed by atoms with van der Waals surface area (Å²) in [5.74, 6) is 0. The van der Waals surface area contributed by atoms with Crippen molar-refractivity contribution in [3.05, 3.63) is 40.6 Å². The number of urea groups is 1. The van der Waals surface area contributed by atoms with Crippen LogP contribution in [0.4, 0.5) is 4.79 Å². The van der Waals surface area contributed by atoms with Crippen molar-refractivity contribution in [1.82, 2.24) is 20.1 Å². The van der Waals surface area contributed by atoms with Crippen molar-refractivity contribution in [2.75, 3.05) is 26.7 Å². The van der Waals surface area contributed by atoms with Crippen LogP contribution in [0.5, 0.6) is 0 Å². The van der Waals surface area contributed by atoms with Gasteiger partial charge in [-0.2, -0.15) is 0 Å². The van der Waals surface area contributed by atoms with Gasteiger partial charge in [0.05, 0.1) is 6.04 Å². The van der Waals surface area contributed by atoms with Crippen LogP contribution in [0, 0.1) is 0 Å². The van der Waals surface area contributed by atoms with E-state index in [9.17, 15) is 4.79 Å². The number of carbonyl (C=O) groups is 1. The number of aromatic amines is 1. The molecule has 0 spiro atoms. The predicted molar refractivity (Wildman–Crippen MR) is 107 cm³/mol.